The lowest BCUT2D eigenvalue weighted by Gasteiger charge is -2.06. The average molecular weight is 344 g/mol. The molecule has 0 aliphatic rings. The lowest BCUT2D eigenvalue weighted by molar-refractivity contribution is 0.0600. The summed E-state index contributed by atoms with van der Waals surface area (Å²) in [5.41, 5.74) is -0.0488. The molecule has 0 saturated heterocycles. The van der Waals surface area contributed by atoms with Gasteiger partial charge in [-0.25, -0.2) is 9.59 Å². The maximum Gasteiger partial charge on any atom is 0.337 e. The Labute approximate surface area is 141 Å². The average Bonchev–Trinajstić information content (AvgIpc) is 2.94. The molecule has 0 spiro atoms. The monoisotopic (exact) mass is 344 g/mol. The van der Waals surface area contributed by atoms with E-state index in [1.54, 1.807) is 31.3 Å². The Balaban J connectivity index is 2.06. The molecule has 3 rings (SSSR count). The summed E-state index contributed by atoms with van der Waals surface area (Å²) in [6, 6.07) is 6.43. The van der Waals surface area contributed by atoms with E-state index in [-0.39, 0.29) is 17.2 Å². The Hall–Kier alpha value is -3.36. The minimum atomic E-state index is -0.468. The van der Waals surface area contributed by atoms with E-state index in [9.17, 15) is 14.4 Å². The largest absolute Gasteiger partial charge is 0.465 e. The highest BCUT2D eigenvalue weighted by Gasteiger charge is 2.18. The molecule has 0 radical (unpaired) electrons. The highest BCUT2D eigenvalue weighted by molar-refractivity contribution is 5.89. The number of methoxy groups -OCH3 is 1. The minimum absolute atomic E-state index is 0.152. The molecule has 0 bridgehead atoms. The number of esters is 1. The first-order valence-electron chi connectivity index (χ1n) is 7.33. The van der Waals surface area contributed by atoms with Crippen molar-refractivity contribution in [2.24, 2.45) is 21.1 Å². The van der Waals surface area contributed by atoms with Gasteiger partial charge in [0.15, 0.2) is 11.2 Å². The van der Waals surface area contributed by atoms with Gasteiger partial charge in [-0.15, -0.1) is 0 Å². The molecule has 25 heavy (non-hydrogen) atoms. The number of carbonyl (C=O) groups excluding carboxylic acids is 1. The first-order chi connectivity index (χ1) is 11.8. The van der Waals surface area contributed by atoms with Crippen LogP contribution in [0.25, 0.3) is 11.2 Å². The van der Waals surface area contributed by atoms with Crippen molar-refractivity contribution >= 4 is 17.1 Å². The van der Waals surface area contributed by atoms with Crippen molar-refractivity contribution in [1.82, 2.24) is 18.7 Å². The number of imidazole rings is 1. The van der Waals surface area contributed by atoms with E-state index in [4.69, 9.17) is 4.74 Å². The van der Waals surface area contributed by atoms with E-state index in [1.165, 1.54) is 30.3 Å². The molecule has 0 unspecified atom stereocenters. The predicted octanol–water partition coefficient (Wildman–Crippen LogP) is 0.550. The van der Waals surface area contributed by atoms with Crippen LogP contribution in [-0.2, 0) is 25.9 Å². The Bertz CT molecular complexity index is 1090. The highest BCUT2D eigenvalue weighted by Crippen LogP contribution is 2.23. The van der Waals surface area contributed by atoms with Gasteiger partial charge in [-0.1, -0.05) is 0 Å². The fourth-order valence-corrected chi connectivity index (χ4v) is 2.47. The first kappa shape index (κ1) is 16.5. The van der Waals surface area contributed by atoms with Crippen LogP contribution < -0.4 is 16.0 Å². The van der Waals surface area contributed by atoms with Crippen LogP contribution in [0.1, 0.15) is 10.4 Å². The van der Waals surface area contributed by atoms with Gasteiger partial charge in [-0.05, 0) is 24.3 Å². The Morgan fingerprint density at radius 3 is 2.24 bits per heavy atom. The number of benzene rings is 1. The number of aryl methyl sites for hydroxylation is 2. The number of rotatable bonds is 3. The van der Waals surface area contributed by atoms with E-state index in [0.717, 1.165) is 4.57 Å². The molecule has 0 aliphatic carbocycles. The summed E-state index contributed by atoms with van der Waals surface area (Å²) in [7, 11) is 5.87. The SMILES string of the molecule is COC(=O)c1ccc(Oc2nc3c(c(=O)n(C)c(=O)n3C)n2C)cc1. The summed E-state index contributed by atoms with van der Waals surface area (Å²) in [5.74, 6) is -0.0272. The third kappa shape index (κ3) is 2.59. The number of nitrogens with zero attached hydrogens (tertiary/aromatic N) is 4. The lowest BCUT2D eigenvalue weighted by Crippen LogP contribution is -2.37. The standard InChI is InChI=1S/C16H16N4O5/c1-18-11-12(19(2)16(23)20(3)13(11)21)17-15(18)25-10-7-5-9(6-8-10)14(22)24-4/h5-8H,1-4H3. The van der Waals surface area contributed by atoms with E-state index in [0.29, 0.717) is 11.3 Å². The van der Waals surface area contributed by atoms with Crippen molar-refractivity contribution in [2.45, 2.75) is 0 Å². The summed E-state index contributed by atoms with van der Waals surface area (Å²) >= 11 is 0. The molecule has 2 aromatic heterocycles. The Morgan fingerprint density at radius 2 is 1.64 bits per heavy atom. The fraction of sp³-hybridized carbons (Fsp3) is 0.250. The molecule has 0 saturated carbocycles. The van der Waals surface area contributed by atoms with Gasteiger partial charge in [0.1, 0.15) is 5.75 Å². The molecular formula is C16H16N4O5. The van der Waals surface area contributed by atoms with Crippen molar-refractivity contribution in [3.63, 3.8) is 0 Å². The van der Waals surface area contributed by atoms with E-state index < -0.39 is 17.2 Å². The number of carbonyl (C=O) groups is 1. The van der Waals surface area contributed by atoms with Gasteiger partial charge >= 0.3 is 17.7 Å². The van der Waals surface area contributed by atoms with Crippen LogP contribution in [0, 0.1) is 0 Å². The van der Waals surface area contributed by atoms with Gasteiger partial charge in [0.25, 0.3) is 5.56 Å². The number of hydrogen-bond acceptors (Lipinski definition) is 6. The van der Waals surface area contributed by atoms with Crippen molar-refractivity contribution in [3.8, 4) is 11.8 Å². The number of aromatic nitrogens is 4. The molecular weight excluding hydrogens is 328 g/mol. The van der Waals surface area contributed by atoms with Crippen molar-refractivity contribution in [3.05, 3.63) is 50.7 Å². The summed E-state index contributed by atoms with van der Waals surface area (Å²) in [6.07, 6.45) is 0. The zero-order valence-electron chi connectivity index (χ0n) is 14.1. The zero-order chi connectivity index (χ0) is 18.3. The minimum Gasteiger partial charge on any atom is -0.465 e. The normalized spacial score (nSPS) is 10.9. The van der Waals surface area contributed by atoms with Crippen LogP contribution in [0.4, 0.5) is 0 Å². The predicted molar refractivity (Wildman–Crippen MR) is 89.1 cm³/mol. The molecule has 1 aromatic carbocycles. The molecule has 2 heterocycles. The smallest absolute Gasteiger partial charge is 0.337 e. The van der Waals surface area contributed by atoms with Gasteiger partial charge < -0.3 is 9.47 Å². The van der Waals surface area contributed by atoms with Crippen LogP contribution in [0.15, 0.2) is 33.9 Å². The zero-order valence-corrected chi connectivity index (χ0v) is 14.1. The first-order valence-corrected chi connectivity index (χ1v) is 7.33. The Morgan fingerprint density at radius 1 is 1.00 bits per heavy atom. The third-order valence-electron chi connectivity index (χ3n) is 3.92. The van der Waals surface area contributed by atoms with Gasteiger partial charge in [0, 0.05) is 21.1 Å². The molecule has 9 heteroatoms. The van der Waals surface area contributed by atoms with E-state index in [2.05, 4.69) is 9.72 Å². The van der Waals surface area contributed by atoms with Crippen LogP contribution in [-0.4, -0.2) is 31.8 Å². The second kappa shape index (κ2) is 5.93. The van der Waals surface area contributed by atoms with Crippen molar-refractivity contribution < 1.29 is 14.3 Å². The van der Waals surface area contributed by atoms with E-state index >= 15 is 0 Å². The molecule has 0 N–H and O–H groups in total. The van der Waals surface area contributed by atoms with Crippen molar-refractivity contribution in [2.75, 3.05) is 7.11 Å². The van der Waals surface area contributed by atoms with Crippen LogP contribution in [0.5, 0.6) is 11.8 Å². The maximum atomic E-state index is 12.3. The number of ether oxygens (including phenoxy) is 2. The third-order valence-corrected chi connectivity index (χ3v) is 3.92. The lowest BCUT2D eigenvalue weighted by atomic mass is 10.2. The molecule has 0 atom stereocenters. The van der Waals surface area contributed by atoms with Crippen LogP contribution >= 0.6 is 0 Å². The summed E-state index contributed by atoms with van der Waals surface area (Å²) < 4.78 is 14.1. The van der Waals surface area contributed by atoms with Crippen LogP contribution in [0.3, 0.4) is 0 Å². The number of fused-ring (bicyclic) bond motifs is 1. The topological polar surface area (TPSA) is 97.4 Å². The molecule has 9 nitrogen and oxygen atoms in total. The fourth-order valence-electron chi connectivity index (χ4n) is 2.47. The van der Waals surface area contributed by atoms with Crippen molar-refractivity contribution in [1.29, 1.82) is 0 Å². The quantitative estimate of drug-likeness (QED) is 0.644. The van der Waals surface area contributed by atoms with Gasteiger partial charge in [0.2, 0.25) is 0 Å². The van der Waals surface area contributed by atoms with Crippen LogP contribution in [0.2, 0.25) is 0 Å². The van der Waals surface area contributed by atoms with Gasteiger partial charge in [-0.3, -0.25) is 18.5 Å². The molecule has 0 fully saturated rings. The molecule has 0 aliphatic heterocycles. The summed E-state index contributed by atoms with van der Waals surface area (Å²) in [5, 5.41) is 0. The van der Waals surface area contributed by atoms with Gasteiger partial charge in [-0.2, -0.15) is 4.98 Å². The summed E-state index contributed by atoms with van der Waals surface area (Å²) in [4.78, 5) is 40.0. The molecule has 0 amide bonds. The van der Waals surface area contributed by atoms with E-state index in [1.807, 2.05) is 0 Å². The summed E-state index contributed by atoms with van der Waals surface area (Å²) in [6.45, 7) is 0. The maximum absolute atomic E-state index is 12.3. The Kier molecular flexibility index (Phi) is 3.91. The molecule has 130 valence electrons. The second-order valence-electron chi connectivity index (χ2n) is 5.45. The molecule has 3 aromatic rings. The van der Waals surface area contributed by atoms with Gasteiger partial charge in [0.05, 0.1) is 12.7 Å². The highest BCUT2D eigenvalue weighted by atomic mass is 16.5. The second-order valence-corrected chi connectivity index (χ2v) is 5.45. The number of hydrogen-bond donors (Lipinski definition) is 0.